The summed E-state index contributed by atoms with van der Waals surface area (Å²) in [6.45, 7) is 10.2. The number of carbonyl (C=O) groups is 1. The zero-order valence-electron chi connectivity index (χ0n) is 13.3. The zero-order chi connectivity index (χ0) is 15.9. The Morgan fingerprint density at radius 2 is 2.05 bits per heavy atom. The van der Waals surface area contributed by atoms with Crippen LogP contribution in [-0.2, 0) is 16.1 Å². The minimum atomic E-state index is -0.318. The lowest BCUT2D eigenvalue weighted by Crippen LogP contribution is -2.26. The van der Waals surface area contributed by atoms with Crippen LogP contribution in [0.25, 0.3) is 0 Å². The highest BCUT2D eigenvalue weighted by molar-refractivity contribution is 7.11. The van der Waals surface area contributed by atoms with Crippen molar-refractivity contribution in [3.8, 4) is 0 Å². The van der Waals surface area contributed by atoms with Crippen LogP contribution in [-0.4, -0.2) is 35.3 Å². The molecule has 0 atom stereocenters. The van der Waals surface area contributed by atoms with Gasteiger partial charge in [-0.1, -0.05) is 0 Å². The molecule has 1 aliphatic heterocycles. The fourth-order valence-electron chi connectivity index (χ4n) is 1.99. The maximum absolute atomic E-state index is 9.60. The van der Waals surface area contributed by atoms with Crippen LogP contribution in [0.1, 0.15) is 55.1 Å². The fourth-order valence-corrected chi connectivity index (χ4v) is 3.08. The summed E-state index contributed by atoms with van der Waals surface area (Å²) in [4.78, 5) is 15.2. The number of aliphatic hydroxyl groups is 1. The van der Waals surface area contributed by atoms with Crippen molar-refractivity contribution in [1.29, 1.82) is 0 Å². The number of nitrogens with one attached hydrogen (secondary N) is 1. The molecule has 0 amide bonds. The smallest absolute Gasteiger partial charge is 0.293 e. The zero-order valence-corrected chi connectivity index (χ0v) is 14.1. The van der Waals surface area contributed by atoms with Gasteiger partial charge in [-0.15, -0.1) is 11.3 Å². The third-order valence-electron chi connectivity index (χ3n) is 3.14. The molecule has 1 aromatic heterocycles. The van der Waals surface area contributed by atoms with Gasteiger partial charge in [0.25, 0.3) is 6.47 Å². The normalized spacial score (nSPS) is 16.0. The van der Waals surface area contributed by atoms with E-state index in [2.05, 4.69) is 15.0 Å². The number of carbonyl (C=O) groups excluding carboxylic acids is 1. The monoisotopic (exact) mass is 314 g/mol. The van der Waals surface area contributed by atoms with Gasteiger partial charge in [-0.2, -0.15) is 0 Å². The molecule has 1 aliphatic rings. The molecule has 0 unspecified atom stereocenters. The quantitative estimate of drug-likeness (QED) is 0.838. The first kappa shape index (κ1) is 18.1. The van der Waals surface area contributed by atoms with Crippen LogP contribution in [0.2, 0.25) is 0 Å². The van der Waals surface area contributed by atoms with Crippen LogP contribution < -0.4 is 5.32 Å². The van der Waals surface area contributed by atoms with E-state index >= 15 is 0 Å². The highest BCUT2D eigenvalue weighted by atomic mass is 32.1. The molecule has 0 radical (unpaired) electrons. The average Bonchev–Trinajstić information content (AvgIpc) is 2.80. The molecule has 0 aromatic carbocycles. The van der Waals surface area contributed by atoms with E-state index in [0.29, 0.717) is 12.4 Å². The number of rotatable bonds is 3. The summed E-state index contributed by atoms with van der Waals surface area (Å²) in [5.74, 6) is 0.611. The molecule has 6 heteroatoms. The number of thiazole rings is 1. The third kappa shape index (κ3) is 6.54. The molecular formula is C15H26N2O3S. The second-order valence-corrected chi connectivity index (χ2v) is 7.18. The van der Waals surface area contributed by atoms with E-state index in [-0.39, 0.29) is 12.2 Å². The second-order valence-electron chi connectivity index (χ2n) is 6.07. The first-order chi connectivity index (χ1) is 9.87. The van der Waals surface area contributed by atoms with Crippen LogP contribution in [0.4, 0.5) is 0 Å². The lowest BCUT2D eigenvalue weighted by molar-refractivity contribution is -0.138. The van der Waals surface area contributed by atoms with Crippen molar-refractivity contribution < 1.29 is 14.6 Å². The van der Waals surface area contributed by atoms with Gasteiger partial charge in [0.15, 0.2) is 0 Å². The van der Waals surface area contributed by atoms with Gasteiger partial charge in [0, 0.05) is 5.92 Å². The van der Waals surface area contributed by atoms with Gasteiger partial charge in [-0.3, -0.25) is 4.79 Å². The minimum Gasteiger partial charge on any atom is -0.462 e. The van der Waals surface area contributed by atoms with E-state index in [9.17, 15) is 4.79 Å². The van der Waals surface area contributed by atoms with Crippen LogP contribution in [0, 0.1) is 6.92 Å². The van der Waals surface area contributed by atoms with Crippen LogP contribution >= 0.6 is 11.3 Å². The molecule has 2 N–H and O–H groups in total. The van der Waals surface area contributed by atoms with Gasteiger partial charge >= 0.3 is 0 Å². The number of hydrogen-bond acceptors (Lipinski definition) is 6. The second kappa shape index (κ2) is 8.46. The lowest BCUT2D eigenvalue weighted by atomic mass is 9.99. The lowest BCUT2D eigenvalue weighted by Gasteiger charge is -2.20. The minimum absolute atomic E-state index is 0.133. The number of hydrogen-bond donors (Lipinski definition) is 2. The number of piperidine rings is 1. The highest BCUT2D eigenvalue weighted by Crippen LogP contribution is 2.30. The standard InChI is InChI=1S/C10H16N2OS.C5H10O2/c1-7-9(6-13)14-10(12-7)8-2-4-11-5-3-8;1-5(2,3)7-4-6/h8,11,13H,2-6H2,1H3;4H,1-3H3. The highest BCUT2D eigenvalue weighted by Gasteiger charge is 2.19. The van der Waals surface area contributed by atoms with Crippen molar-refractivity contribution in [1.82, 2.24) is 10.3 Å². The Labute approximate surface area is 130 Å². The first-order valence-electron chi connectivity index (χ1n) is 7.26. The van der Waals surface area contributed by atoms with E-state index in [1.807, 2.05) is 27.7 Å². The molecule has 5 nitrogen and oxygen atoms in total. The molecule has 2 heterocycles. The Morgan fingerprint density at radius 3 is 2.43 bits per heavy atom. The van der Waals surface area contributed by atoms with Gasteiger partial charge < -0.3 is 15.2 Å². The van der Waals surface area contributed by atoms with Gasteiger partial charge in [0.1, 0.15) is 5.60 Å². The summed E-state index contributed by atoms with van der Waals surface area (Å²) in [6, 6.07) is 0. The fraction of sp³-hybridized carbons (Fsp3) is 0.733. The van der Waals surface area contributed by atoms with Crippen molar-refractivity contribution in [3.63, 3.8) is 0 Å². The van der Waals surface area contributed by atoms with E-state index in [4.69, 9.17) is 5.11 Å². The van der Waals surface area contributed by atoms with Crippen molar-refractivity contribution in [3.05, 3.63) is 15.6 Å². The number of aliphatic hydroxyl groups excluding tert-OH is 1. The molecule has 120 valence electrons. The van der Waals surface area contributed by atoms with Crippen LogP contribution in [0.5, 0.6) is 0 Å². The van der Waals surface area contributed by atoms with Crippen LogP contribution in [0.3, 0.4) is 0 Å². The molecule has 0 bridgehead atoms. The van der Waals surface area contributed by atoms with E-state index in [1.165, 1.54) is 17.8 Å². The van der Waals surface area contributed by atoms with Crippen molar-refractivity contribution in [2.24, 2.45) is 0 Å². The molecule has 1 saturated heterocycles. The molecule has 0 saturated carbocycles. The third-order valence-corrected chi connectivity index (χ3v) is 4.45. The number of aromatic nitrogens is 1. The van der Waals surface area contributed by atoms with Gasteiger partial charge in [0.05, 0.1) is 22.2 Å². The van der Waals surface area contributed by atoms with Crippen LogP contribution in [0.15, 0.2) is 0 Å². The number of ether oxygens (including phenoxy) is 1. The summed E-state index contributed by atoms with van der Waals surface area (Å²) >= 11 is 1.68. The Morgan fingerprint density at radius 1 is 1.43 bits per heavy atom. The summed E-state index contributed by atoms with van der Waals surface area (Å²) < 4.78 is 4.55. The molecule has 21 heavy (non-hydrogen) atoms. The van der Waals surface area contributed by atoms with E-state index in [0.717, 1.165) is 23.7 Å². The largest absolute Gasteiger partial charge is 0.462 e. The van der Waals surface area contributed by atoms with Gasteiger partial charge in [0.2, 0.25) is 0 Å². The molecular weight excluding hydrogens is 288 g/mol. The molecule has 0 aliphatic carbocycles. The van der Waals surface area contributed by atoms with Crippen molar-refractivity contribution >= 4 is 17.8 Å². The summed E-state index contributed by atoms with van der Waals surface area (Å²) in [5, 5.41) is 13.7. The van der Waals surface area contributed by atoms with Crippen molar-refractivity contribution in [2.45, 2.75) is 58.7 Å². The molecule has 0 spiro atoms. The topological polar surface area (TPSA) is 71.5 Å². The number of aryl methyl sites for hydroxylation is 1. The van der Waals surface area contributed by atoms with E-state index in [1.54, 1.807) is 11.3 Å². The predicted molar refractivity (Wildman–Crippen MR) is 84.5 cm³/mol. The first-order valence-corrected chi connectivity index (χ1v) is 8.08. The molecule has 2 rings (SSSR count). The van der Waals surface area contributed by atoms with Crippen molar-refractivity contribution in [2.75, 3.05) is 13.1 Å². The maximum Gasteiger partial charge on any atom is 0.293 e. The maximum atomic E-state index is 9.60. The Kier molecular flexibility index (Phi) is 7.28. The van der Waals surface area contributed by atoms with E-state index < -0.39 is 0 Å². The SMILES string of the molecule is CC(C)(C)OC=O.Cc1nc(C2CCNCC2)sc1CO. The van der Waals surface area contributed by atoms with Gasteiger partial charge in [-0.05, 0) is 53.6 Å². The number of nitrogens with zero attached hydrogens (tertiary/aromatic N) is 1. The Hall–Kier alpha value is -0.980. The average molecular weight is 314 g/mol. The summed E-state index contributed by atoms with van der Waals surface area (Å²) in [7, 11) is 0. The molecule has 1 aromatic rings. The summed E-state index contributed by atoms with van der Waals surface area (Å²) in [5.41, 5.74) is 0.688. The Bertz CT molecular complexity index is 435. The van der Waals surface area contributed by atoms with Gasteiger partial charge in [-0.25, -0.2) is 4.98 Å². The Balaban J connectivity index is 0.000000270. The molecule has 1 fully saturated rings. The predicted octanol–water partition coefficient (Wildman–Crippen LogP) is 2.37. The summed E-state index contributed by atoms with van der Waals surface area (Å²) in [6.07, 6.45) is 2.36.